The summed E-state index contributed by atoms with van der Waals surface area (Å²) in [5.74, 6) is 0.817. The molecule has 7 heteroatoms. The highest BCUT2D eigenvalue weighted by atomic mass is 35.5. The molecule has 0 atom stereocenters. The van der Waals surface area contributed by atoms with E-state index in [-0.39, 0.29) is 6.42 Å². The fraction of sp³-hybridized carbons (Fsp3) is 0.200. The number of benzene rings is 3. The van der Waals surface area contributed by atoms with Crippen molar-refractivity contribution in [1.82, 2.24) is 9.55 Å². The highest BCUT2D eigenvalue weighted by Gasteiger charge is 2.13. The maximum absolute atomic E-state index is 10.6. The lowest BCUT2D eigenvalue weighted by Gasteiger charge is -2.08. The number of aliphatic carboxylic acids is 1. The number of carbonyl (C=O) groups is 1. The molecule has 0 aliphatic rings. The van der Waals surface area contributed by atoms with E-state index < -0.39 is 5.97 Å². The predicted molar refractivity (Wildman–Crippen MR) is 151 cm³/mol. The zero-order valence-corrected chi connectivity index (χ0v) is 22.3. The Balaban J connectivity index is 1.47. The minimum absolute atomic E-state index is 0.108. The van der Waals surface area contributed by atoms with Crippen LogP contribution in [0.5, 0.6) is 5.75 Å². The van der Waals surface area contributed by atoms with Crippen LogP contribution in [-0.4, -0.2) is 27.2 Å². The summed E-state index contributed by atoms with van der Waals surface area (Å²) in [6.45, 7) is 5.32. The minimum Gasteiger partial charge on any atom is -0.494 e. The SMILES string of the molecule is CCn1cc(-c2ccc(Cl)cc2Cl)nc1C(C)=Cc1ccc(-c2ccc(OCCCC(=O)O)cc2)cc1. The molecule has 0 amide bonds. The van der Waals surface area contributed by atoms with Crippen LogP contribution < -0.4 is 4.74 Å². The van der Waals surface area contributed by atoms with Crippen molar-refractivity contribution in [2.75, 3.05) is 6.61 Å². The molecule has 1 heterocycles. The number of allylic oxidation sites excluding steroid dienone is 1. The first-order valence-corrected chi connectivity index (χ1v) is 12.9. The van der Waals surface area contributed by atoms with Gasteiger partial charge in [-0.2, -0.15) is 0 Å². The molecule has 0 unspecified atom stereocenters. The molecule has 0 aliphatic heterocycles. The number of imidazole rings is 1. The number of hydrogen-bond donors (Lipinski definition) is 1. The van der Waals surface area contributed by atoms with Crippen molar-refractivity contribution >= 4 is 40.8 Å². The average molecular weight is 535 g/mol. The van der Waals surface area contributed by atoms with Crippen molar-refractivity contribution in [3.63, 3.8) is 0 Å². The van der Waals surface area contributed by atoms with Crippen molar-refractivity contribution < 1.29 is 14.6 Å². The van der Waals surface area contributed by atoms with Gasteiger partial charge in [-0.25, -0.2) is 4.98 Å². The van der Waals surface area contributed by atoms with Gasteiger partial charge in [-0.05, 0) is 78.9 Å². The Morgan fingerprint density at radius 2 is 1.70 bits per heavy atom. The lowest BCUT2D eigenvalue weighted by molar-refractivity contribution is -0.137. The summed E-state index contributed by atoms with van der Waals surface area (Å²) in [6, 6.07) is 21.6. The Bertz CT molecular complexity index is 1410. The molecule has 1 aromatic heterocycles. The summed E-state index contributed by atoms with van der Waals surface area (Å²) in [7, 11) is 0. The van der Waals surface area contributed by atoms with Crippen molar-refractivity contribution in [1.29, 1.82) is 0 Å². The quantitative estimate of drug-likeness (QED) is 0.207. The van der Waals surface area contributed by atoms with E-state index in [4.69, 9.17) is 38.0 Å². The Hall–Kier alpha value is -3.54. The number of hydrogen-bond acceptors (Lipinski definition) is 3. The molecule has 3 aromatic carbocycles. The van der Waals surface area contributed by atoms with E-state index in [9.17, 15) is 4.79 Å². The summed E-state index contributed by atoms with van der Waals surface area (Å²) < 4.78 is 7.74. The Morgan fingerprint density at radius 3 is 2.32 bits per heavy atom. The standard InChI is InChI=1S/C30H28Cl2N2O3/c1-3-34-19-28(26-15-12-24(31)18-27(26)32)33-30(34)20(2)17-21-6-8-22(9-7-21)23-10-13-25(14-11-23)37-16-4-5-29(35)36/h6-15,17-19H,3-5,16H2,1-2H3,(H,35,36). The highest BCUT2D eigenvalue weighted by Crippen LogP contribution is 2.31. The number of aryl methyl sites for hydroxylation is 1. The van der Waals surface area contributed by atoms with Crippen LogP contribution in [0.4, 0.5) is 0 Å². The second kappa shape index (κ2) is 12.1. The molecule has 190 valence electrons. The third-order valence-corrected chi connectivity index (χ3v) is 6.51. The van der Waals surface area contributed by atoms with Gasteiger partial charge in [0.05, 0.1) is 17.3 Å². The smallest absolute Gasteiger partial charge is 0.303 e. The first-order valence-electron chi connectivity index (χ1n) is 12.1. The minimum atomic E-state index is -0.810. The zero-order chi connectivity index (χ0) is 26.4. The molecule has 1 N–H and O–H groups in total. The zero-order valence-electron chi connectivity index (χ0n) is 20.7. The topological polar surface area (TPSA) is 64.4 Å². The van der Waals surface area contributed by atoms with Gasteiger partial charge < -0.3 is 14.4 Å². The monoisotopic (exact) mass is 534 g/mol. The molecule has 0 fully saturated rings. The van der Waals surface area contributed by atoms with Crippen molar-refractivity contribution in [3.05, 3.63) is 94.4 Å². The second-order valence-corrected chi connectivity index (χ2v) is 9.52. The summed E-state index contributed by atoms with van der Waals surface area (Å²) in [5.41, 5.74) is 5.98. The van der Waals surface area contributed by atoms with E-state index in [1.54, 1.807) is 6.07 Å². The molecule has 4 aromatic rings. The summed E-state index contributed by atoms with van der Waals surface area (Å²) in [5, 5.41) is 9.89. The second-order valence-electron chi connectivity index (χ2n) is 8.68. The highest BCUT2D eigenvalue weighted by molar-refractivity contribution is 6.36. The maximum Gasteiger partial charge on any atom is 0.303 e. The van der Waals surface area contributed by atoms with E-state index in [1.807, 2.05) is 42.6 Å². The van der Waals surface area contributed by atoms with Crippen LogP contribution in [0, 0.1) is 0 Å². The van der Waals surface area contributed by atoms with Crippen molar-refractivity contribution in [2.45, 2.75) is 33.2 Å². The van der Waals surface area contributed by atoms with E-state index in [0.29, 0.717) is 23.1 Å². The van der Waals surface area contributed by atoms with Gasteiger partial charge in [0.2, 0.25) is 0 Å². The number of carboxylic acid groups (broad SMARTS) is 1. The van der Waals surface area contributed by atoms with Crippen molar-refractivity contribution in [3.8, 4) is 28.1 Å². The molecule has 0 bridgehead atoms. The van der Waals surface area contributed by atoms with Gasteiger partial charge in [0.1, 0.15) is 11.6 Å². The first kappa shape index (κ1) is 26.5. The third kappa shape index (κ3) is 6.82. The first-order chi connectivity index (χ1) is 17.8. The van der Waals surface area contributed by atoms with Gasteiger partial charge in [0.15, 0.2) is 0 Å². The van der Waals surface area contributed by atoms with Crippen LogP contribution in [-0.2, 0) is 11.3 Å². The molecule has 0 radical (unpaired) electrons. The molecule has 0 saturated heterocycles. The average Bonchev–Trinajstić information content (AvgIpc) is 3.32. The van der Waals surface area contributed by atoms with Crippen LogP contribution in [0.2, 0.25) is 10.0 Å². The molecule has 0 saturated carbocycles. The Labute approximate surface area is 227 Å². The van der Waals surface area contributed by atoms with E-state index >= 15 is 0 Å². The fourth-order valence-corrected chi connectivity index (χ4v) is 4.55. The molecule has 0 aliphatic carbocycles. The molecular weight excluding hydrogens is 507 g/mol. The summed E-state index contributed by atoms with van der Waals surface area (Å²) in [6.07, 6.45) is 4.74. The largest absolute Gasteiger partial charge is 0.494 e. The van der Waals surface area contributed by atoms with Gasteiger partial charge >= 0.3 is 5.97 Å². The van der Waals surface area contributed by atoms with Crippen LogP contribution >= 0.6 is 23.2 Å². The van der Waals surface area contributed by atoms with Gasteiger partial charge in [-0.1, -0.05) is 59.6 Å². The molecule has 4 rings (SSSR count). The van der Waals surface area contributed by atoms with Crippen LogP contribution in [0.15, 0.2) is 72.9 Å². The normalized spacial score (nSPS) is 11.5. The maximum atomic E-state index is 10.6. The summed E-state index contributed by atoms with van der Waals surface area (Å²) in [4.78, 5) is 15.5. The number of aromatic nitrogens is 2. The lowest BCUT2D eigenvalue weighted by atomic mass is 10.0. The van der Waals surface area contributed by atoms with Crippen LogP contribution in [0.3, 0.4) is 0 Å². The Morgan fingerprint density at radius 1 is 1.03 bits per heavy atom. The van der Waals surface area contributed by atoms with E-state index in [0.717, 1.165) is 51.6 Å². The molecule has 37 heavy (non-hydrogen) atoms. The van der Waals surface area contributed by atoms with Crippen molar-refractivity contribution in [2.24, 2.45) is 0 Å². The fourth-order valence-electron chi connectivity index (χ4n) is 4.04. The van der Waals surface area contributed by atoms with Gasteiger partial charge in [-0.15, -0.1) is 0 Å². The van der Waals surface area contributed by atoms with Gasteiger partial charge in [-0.3, -0.25) is 4.79 Å². The number of carboxylic acids is 1. The predicted octanol–water partition coefficient (Wildman–Crippen LogP) is 8.35. The van der Waals surface area contributed by atoms with E-state index in [2.05, 4.69) is 48.8 Å². The number of nitrogens with zero attached hydrogens (tertiary/aromatic N) is 2. The third-order valence-electron chi connectivity index (χ3n) is 5.96. The number of rotatable bonds is 10. The lowest BCUT2D eigenvalue weighted by Crippen LogP contribution is -2.01. The number of ether oxygens (including phenoxy) is 1. The molecule has 5 nitrogen and oxygen atoms in total. The van der Waals surface area contributed by atoms with Crippen LogP contribution in [0.1, 0.15) is 38.1 Å². The Kier molecular flexibility index (Phi) is 8.70. The summed E-state index contributed by atoms with van der Waals surface area (Å²) >= 11 is 12.5. The number of halogens is 2. The van der Waals surface area contributed by atoms with E-state index in [1.165, 1.54) is 0 Å². The van der Waals surface area contributed by atoms with Gasteiger partial charge in [0, 0.05) is 29.7 Å². The van der Waals surface area contributed by atoms with Gasteiger partial charge in [0.25, 0.3) is 0 Å². The van der Waals surface area contributed by atoms with Crippen LogP contribution in [0.25, 0.3) is 34.0 Å². The molecule has 0 spiro atoms. The molecular formula is C30H28Cl2N2O3.